The summed E-state index contributed by atoms with van der Waals surface area (Å²) in [5.41, 5.74) is 6.43. The van der Waals surface area contributed by atoms with Crippen LogP contribution in [0.2, 0.25) is 0 Å². The highest BCUT2D eigenvalue weighted by atomic mass is 127. The maximum absolute atomic E-state index is 5.77. The number of halogens is 1. The predicted molar refractivity (Wildman–Crippen MR) is 97.6 cm³/mol. The molecule has 1 atom stereocenters. The monoisotopic (exact) mass is 432 g/mol. The molecule has 0 bridgehead atoms. The van der Waals surface area contributed by atoms with Crippen molar-refractivity contribution in [2.24, 2.45) is 10.7 Å². The van der Waals surface area contributed by atoms with Gasteiger partial charge >= 0.3 is 0 Å². The first-order valence-electron chi connectivity index (χ1n) is 6.98. The summed E-state index contributed by atoms with van der Waals surface area (Å²) in [6.45, 7) is 3.00. The minimum Gasteiger partial charge on any atom is -0.383 e. The van der Waals surface area contributed by atoms with Crippen molar-refractivity contribution >= 4 is 29.9 Å². The first kappa shape index (κ1) is 19.3. The molecule has 0 saturated carbocycles. The second-order valence-electron chi connectivity index (χ2n) is 4.75. The Kier molecular flexibility index (Phi) is 8.48. The summed E-state index contributed by atoms with van der Waals surface area (Å²) in [6, 6.07) is 5.61. The number of nitrogens with one attached hydrogen (secondary N) is 1. The SMILES string of the molecule is COCC(C)NC(N)=NCCc1noc(-c2ccccn2)n1.I. The van der Waals surface area contributed by atoms with Gasteiger partial charge in [-0.1, -0.05) is 11.2 Å². The molecule has 0 fully saturated rings. The largest absolute Gasteiger partial charge is 0.383 e. The van der Waals surface area contributed by atoms with E-state index in [1.165, 1.54) is 0 Å². The molecule has 2 rings (SSSR count). The lowest BCUT2D eigenvalue weighted by atomic mass is 10.3. The van der Waals surface area contributed by atoms with E-state index in [9.17, 15) is 0 Å². The molecule has 0 amide bonds. The molecule has 0 radical (unpaired) electrons. The molecule has 2 aromatic rings. The summed E-state index contributed by atoms with van der Waals surface area (Å²) in [4.78, 5) is 12.6. The molecule has 1 unspecified atom stereocenters. The average Bonchev–Trinajstić information content (AvgIpc) is 2.97. The smallest absolute Gasteiger partial charge is 0.276 e. The van der Waals surface area contributed by atoms with Crippen LogP contribution in [0.5, 0.6) is 0 Å². The van der Waals surface area contributed by atoms with E-state index < -0.39 is 0 Å². The minimum atomic E-state index is 0. The molecule has 3 N–H and O–H groups in total. The van der Waals surface area contributed by atoms with Crippen LogP contribution in [0.4, 0.5) is 0 Å². The van der Waals surface area contributed by atoms with Crippen LogP contribution in [0, 0.1) is 0 Å². The first-order valence-corrected chi connectivity index (χ1v) is 6.98. The lowest BCUT2D eigenvalue weighted by Crippen LogP contribution is -2.40. The molecule has 0 aliphatic rings. The summed E-state index contributed by atoms with van der Waals surface area (Å²) in [5, 5.41) is 6.93. The van der Waals surface area contributed by atoms with E-state index in [2.05, 4.69) is 25.4 Å². The van der Waals surface area contributed by atoms with Gasteiger partial charge in [0.2, 0.25) is 0 Å². The molecule has 0 aliphatic carbocycles. The molecule has 0 saturated heterocycles. The molecule has 9 heteroatoms. The normalized spacial score (nSPS) is 12.5. The molecule has 0 aliphatic heterocycles. The van der Waals surface area contributed by atoms with Crippen LogP contribution >= 0.6 is 24.0 Å². The number of pyridine rings is 1. The van der Waals surface area contributed by atoms with Gasteiger partial charge in [0.1, 0.15) is 5.69 Å². The second-order valence-corrected chi connectivity index (χ2v) is 4.75. The van der Waals surface area contributed by atoms with Gasteiger partial charge in [-0.2, -0.15) is 4.98 Å². The number of nitrogens with two attached hydrogens (primary N) is 1. The predicted octanol–water partition coefficient (Wildman–Crippen LogP) is 1.23. The van der Waals surface area contributed by atoms with Crippen LogP contribution in [0.1, 0.15) is 12.7 Å². The van der Waals surface area contributed by atoms with Gasteiger partial charge in [-0.25, -0.2) is 0 Å². The number of hydrogen-bond donors (Lipinski definition) is 2. The summed E-state index contributed by atoms with van der Waals surface area (Å²) in [6.07, 6.45) is 2.22. The van der Waals surface area contributed by atoms with Gasteiger partial charge in [-0.15, -0.1) is 24.0 Å². The fourth-order valence-corrected chi connectivity index (χ4v) is 1.81. The standard InChI is InChI=1S/C14H20N6O2.HI/c1-10(9-21-2)18-14(15)17-8-6-12-19-13(22-20-12)11-5-3-4-7-16-11;/h3-5,7,10H,6,8-9H2,1-2H3,(H3,15,17,18);1H. The molecule has 23 heavy (non-hydrogen) atoms. The molecular weight excluding hydrogens is 411 g/mol. The van der Waals surface area contributed by atoms with Crippen LogP contribution in [-0.2, 0) is 11.2 Å². The summed E-state index contributed by atoms with van der Waals surface area (Å²) < 4.78 is 10.2. The van der Waals surface area contributed by atoms with Gasteiger partial charge in [0, 0.05) is 32.3 Å². The zero-order valence-electron chi connectivity index (χ0n) is 13.1. The van der Waals surface area contributed by atoms with Crippen LogP contribution < -0.4 is 11.1 Å². The van der Waals surface area contributed by atoms with Gasteiger partial charge in [0.05, 0.1) is 6.61 Å². The van der Waals surface area contributed by atoms with Crippen molar-refractivity contribution in [1.29, 1.82) is 0 Å². The zero-order chi connectivity index (χ0) is 15.8. The minimum absolute atomic E-state index is 0. The van der Waals surface area contributed by atoms with Crippen LogP contribution in [-0.4, -0.2) is 47.4 Å². The third-order valence-electron chi connectivity index (χ3n) is 2.78. The molecule has 0 spiro atoms. The van der Waals surface area contributed by atoms with Gasteiger partial charge in [-0.05, 0) is 19.1 Å². The highest BCUT2D eigenvalue weighted by Crippen LogP contribution is 2.13. The Bertz CT molecular complexity index is 604. The molecule has 2 aromatic heterocycles. The van der Waals surface area contributed by atoms with Crippen molar-refractivity contribution < 1.29 is 9.26 Å². The molecular formula is C14H21IN6O2. The number of rotatable bonds is 7. The number of methoxy groups -OCH3 is 1. The average molecular weight is 432 g/mol. The molecule has 2 heterocycles. The zero-order valence-corrected chi connectivity index (χ0v) is 15.4. The lowest BCUT2D eigenvalue weighted by Gasteiger charge is -2.12. The maximum Gasteiger partial charge on any atom is 0.276 e. The van der Waals surface area contributed by atoms with E-state index in [-0.39, 0.29) is 30.0 Å². The van der Waals surface area contributed by atoms with Crippen LogP contribution in [0.25, 0.3) is 11.6 Å². The maximum atomic E-state index is 5.77. The van der Waals surface area contributed by atoms with Crippen LogP contribution in [0.3, 0.4) is 0 Å². The molecule has 8 nitrogen and oxygen atoms in total. The Hall–Kier alpha value is -1.75. The third-order valence-corrected chi connectivity index (χ3v) is 2.78. The van der Waals surface area contributed by atoms with E-state index in [4.69, 9.17) is 15.0 Å². The summed E-state index contributed by atoms with van der Waals surface area (Å²) in [7, 11) is 1.64. The van der Waals surface area contributed by atoms with Gasteiger partial charge in [0.15, 0.2) is 11.8 Å². The molecule has 0 aromatic carbocycles. The fraction of sp³-hybridized carbons (Fsp3) is 0.429. The number of guanidine groups is 1. The highest BCUT2D eigenvalue weighted by Gasteiger charge is 2.09. The fourth-order valence-electron chi connectivity index (χ4n) is 1.81. The van der Waals surface area contributed by atoms with Gasteiger partial charge in [0.25, 0.3) is 5.89 Å². The van der Waals surface area contributed by atoms with E-state index >= 15 is 0 Å². The number of aliphatic imine (C=N–C) groups is 1. The Balaban J connectivity index is 0.00000264. The number of nitrogens with zero attached hydrogens (tertiary/aromatic N) is 4. The van der Waals surface area contributed by atoms with E-state index in [0.717, 1.165) is 0 Å². The van der Waals surface area contributed by atoms with Crippen molar-refractivity contribution in [3.8, 4) is 11.6 Å². The van der Waals surface area contributed by atoms with Crippen LogP contribution in [0.15, 0.2) is 33.9 Å². The Morgan fingerprint density at radius 2 is 2.30 bits per heavy atom. The van der Waals surface area contributed by atoms with Crippen molar-refractivity contribution in [3.05, 3.63) is 30.2 Å². The number of ether oxygens (including phenoxy) is 1. The van der Waals surface area contributed by atoms with E-state index in [1.54, 1.807) is 13.3 Å². The highest BCUT2D eigenvalue weighted by molar-refractivity contribution is 14.0. The Morgan fingerprint density at radius 3 is 3.00 bits per heavy atom. The molecule has 126 valence electrons. The first-order chi connectivity index (χ1) is 10.7. The number of hydrogen-bond acceptors (Lipinski definition) is 6. The van der Waals surface area contributed by atoms with Crippen molar-refractivity contribution in [2.75, 3.05) is 20.3 Å². The topological polar surface area (TPSA) is 111 Å². The summed E-state index contributed by atoms with van der Waals surface area (Å²) >= 11 is 0. The van der Waals surface area contributed by atoms with E-state index in [0.29, 0.717) is 42.9 Å². The summed E-state index contributed by atoms with van der Waals surface area (Å²) in [5.74, 6) is 1.35. The van der Waals surface area contributed by atoms with E-state index in [1.807, 2.05) is 25.1 Å². The Morgan fingerprint density at radius 1 is 1.48 bits per heavy atom. The van der Waals surface area contributed by atoms with Crippen molar-refractivity contribution in [1.82, 2.24) is 20.4 Å². The quantitative estimate of drug-likeness (QED) is 0.385. The van der Waals surface area contributed by atoms with Gasteiger partial charge in [-0.3, -0.25) is 9.98 Å². The van der Waals surface area contributed by atoms with Crippen molar-refractivity contribution in [2.45, 2.75) is 19.4 Å². The Labute approximate surface area is 151 Å². The lowest BCUT2D eigenvalue weighted by molar-refractivity contribution is 0.179. The number of aromatic nitrogens is 3. The van der Waals surface area contributed by atoms with Crippen molar-refractivity contribution in [3.63, 3.8) is 0 Å². The second kappa shape index (κ2) is 10.1. The third kappa shape index (κ3) is 6.48. The van der Waals surface area contributed by atoms with Gasteiger partial charge < -0.3 is 20.3 Å².